The zero-order valence-corrected chi connectivity index (χ0v) is 10.7. The van der Waals surface area contributed by atoms with Crippen LogP contribution in [0.5, 0.6) is 0 Å². The minimum absolute atomic E-state index is 0.0971. The molecule has 0 aromatic heterocycles. The Morgan fingerprint density at radius 3 is 2.88 bits per heavy atom. The van der Waals surface area contributed by atoms with Crippen molar-refractivity contribution in [2.75, 3.05) is 16.8 Å². The van der Waals surface area contributed by atoms with E-state index in [0.717, 1.165) is 17.6 Å². The second-order valence-corrected chi connectivity index (χ2v) is 4.99. The van der Waals surface area contributed by atoms with Gasteiger partial charge in [-0.05, 0) is 24.8 Å². The molecule has 0 aliphatic rings. The van der Waals surface area contributed by atoms with E-state index in [4.69, 9.17) is 5.11 Å². The van der Waals surface area contributed by atoms with Crippen LogP contribution in [0, 0.1) is 5.82 Å². The van der Waals surface area contributed by atoms with Crippen LogP contribution in [0.1, 0.15) is 24.2 Å². The molecule has 0 radical (unpaired) electrons. The van der Waals surface area contributed by atoms with Crippen LogP contribution >= 0.6 is 11.8 Å². The van der Waals surface area contributed by atoms with Crippen molar-refractivity contribution in [2.24, 2.45) is 0 Å². The number of rotatable bonds is 6. The summed E-state index contributed by atoms with van der Waals surface area (Å²) in [6, 6.07) is 4.34. The largest absolute Gasteiger partial charge is 0.478 e. The first kappa shape index (κ1) is 13.8. The average molecular weight is 257 g/mol. The summed E-state index contributed by atoms with van der Waals surface area (Å²) in [6.45, 7) is 4.00. The molecule has 3 nitrogen and oxygen atoms in total. The fourth-order valence-corrected chi connectivity index (χ4v) is 2.14. The zero-order valence-electron chi connectivity index (χ0n) is 9.87. The summed E-state index contributed by atoms with van der Waals surface area (Å²) in [5.41, 5.74) is 0.0440. The highest BCUT2D eigenvalue weighted by molar-refractivity contribution is 7.99. The molecule has 0 saturated carbocycles. The van der Waals surface area contributed by atoms with Crippen LogP contribution < -0.4 is 5.32 Å². The Morgan fingerprint density at radius 1 is 1.59 bits per heavy atom. The molecule has 1 rings (SSSR count). The predicted molar refractivity (Wildman–Crippen MR) is 69.4 cm³/mol. The summed E-state index contributed by atoms with van der Waals surface area (Å²) in [5, 5.41) is 12.0. The van der Waals surface area contributed by atoms with Crippen molar-refractivity contribution in [3.63, 3.8) is 0 Å². The number of thioether (sulfide) groups is 1. The second-order valence-electron chi connectivity index (χ2n) is 3.67. The number of nitrogens with one attached hydrogen (secondary N) is 1. The molecule has 0 saturated heterocycles. The van der Waals surface area contributed by atoms with E-state index in [-0.39, 0.29) is 11.6 Å². The molecule has 2 N–H and O–H groups in total. The van der Waals surface area contributed by atoms with Crippen molar-refractivity contribution in [2.45, 2.75) is 19.9 Å². The van der Waals surface area contributed by atoms with E-state index in [1.54, 1.807) is 17.8 Å². The molecule has 0 spiro atoms. The maximum atomic E-state index is 13.4. The SMILES string of the molecule is CCSCC(C)Nc1cccc(F)c1C(=O)O. The number of hydrogen-bond acceptors (Lipinski definition) is 3. The first-order valence-electron chi connectivity index (χ1n) is 5.42. The van der Waals surface area contributed by atoms with Gasteiger partial charge in [0, 0.05) is 11.8 Å². The van der Waals surface area contributed by atoms with E-state index in [0.29, 0.717) is 5.69 Å². The number of carbonyl (C=O) groups is 1. The van der Waals surface area contributed by atoms with Crippen molar-refractivity contribution < 1.29 is 14.3 Å². The lowest BCUT2D eigenvalue weighted by molar-refractivity contribution is 0.0693. The molecule has 1 atom stereocenters. The van der Waals surface area contributed by atoms with E-state index in [1.807, 2.05) is 6.92 Å². The van der Waals surface area contributed by atoms with Gasteiger partial charge in [-0.3, -0.25) is 0 Å². The third-order valence-electron chi connectivity index (χ3n) is 2.20. The molecule has 0 bridgehead atoms. The quantitative estimate of drug-likeness (QED) is 0.822. The predicted octanol–water partition coefficient (Wildman–Crippen LogP) is 3.08. The number of anilines is 1. The molecule has 94 valence electrons. The van der Waals surface area contributed by atoms with E-state index >= 15 is 0 Å². The summed E-state index contributed by atoms with van der Waals surface area (Å²) >= 11 is 1.75. The lowest BCUT2D eigenvalue weighted by Gasteiger charge is -2.16. The summed E-state index contributed by atoms with van der Waals surface area (Å²) in [5.74, 6) is -0.105. The van der Waals surface area contributed by atoms with Crippen molar-refractivity contribution in [1.29, 1.82) is 0 Å². The molecule has 0 heterocycles. The Balaban J connectivity index is 2.83. The minimum Gasteiger partial charge on any atom is -0.478 e. The van der Waals surface area contributed by atoms with Crippen LogP contribution in [0.3, 0.4) is 0 Å². The Kier molecular flexibility index (Phi) is 5.28. The maximum absolute atomic E-state index is 13.4. The molecule has 0 aliphatic carbocycles. The normalized spacial score (nSPS) is 12.2. The summed E-state index contributed by atoms with van der Waals surface area (Å²) in [7, 11) is 0. The standard InChI is InChI=1S/C12H16FNO2S/c1-3-17-7-8(2)14-10-6-4-5-9(13)11(10)12(15)16/h4-6,8,14H,3,7H2,1-2H3,(H,15,16). The summed E-state index contributed by atoms with van der Waals surface area (Å²) in [4.78, 5) is 11.0. The van der Waals surface area contributed by atoms with Gasteiger partial charge in [-0.1, -0.05) is 13.0 Å². The number of carboxylic acids is 1. The summed E-state index contributed by atoms with van der Waals surface area (Å²) < 4.78 is 13.4. The molecule has 0 fully saturated rings. The van der Waals surface area contributed by atoms with E-state index in [9.17, 15) is 9.18 Å². The lowest BCUT2D eigenvalue weighted by Crippen LogP contribution is -2.20. The van der Waals surface area contributed by atoms with Crippen LogP contribution in [0.4, 0.5) is 10.1 Å². The monoisotopic (exact) mass is 257 g/mol. The van der Waals surface area contributed by atoms with Crippen LogP contribution in [0.2, 0.25) is 0 Å². The second kappa shape index (κ2) is 6.49. The number of carboxylic acid groups (broad SMARTS) is 1. The van der Waals surface area contributed by atoms with Gasteiger partial charge in [-0.2, -0.15) is 11.8 Å². The Morgan fingerprint density at radius 2 is 2.29 bits per heavy atom. The maximum Gasteiger partial charge on any atom is 0.340 e. The van der Waals surface area contributed by atoms with Crippen molar-refractivity contribution in [1.82, 2.24) is 0 Å². The highest BCUT2D eigenvalue weighted by Crippen LogP contribution is 2.20. The summed E-state index contributed by atoms with van der Waals surface area (Å²) in [6.07, 6.45) is 0. The highest BCUT2D eigenvalue weighted by atomic mass is 32.2. The van der Waals surface area contributed by atoms with Gasteiger partial charge in [-0.15, -0.1) is 0 Å². The van der Waals surface area contributed by atoms with E-state index in [1.165, 1.54) is 6.07 Å². The Labute approximate surface area is 104 Å². The molecule has 5 heteroatoms. The van der Waals surface area contributed by atoms with Gasteiger partial charge in [-0.25, -0.2) is 9.18 Å². The Hall–Kier alpha value is -1.23. The van der Waals surface area contributed by atoms with Gasteiger partial charge in [0.15, 0.2) is 0 Å². The van der Waals surface area contributed by atoms with Gasteiger partial charge >= 0.3 is 5.97 Å². The molecule has 0 amide bonds. The van der Waals surface area contributed by atoms with Crippen molar-refractivity contribution in [3.05, 3.63) is 29.6 Å². The van der Waals surface area contributed by atoms with Crippen LogP contribution in [-0.2, 0) is 0 Å². The number of benzene rings is 1. The van der Waals surface area contributed by atoms with Crippen LogP contribution in [-0.4, -0.2) is 28.6 Å². The third-order valence-corrected chi connectivity index (χ3v) is 3.35. The topological polar surface area (TPSA) is 49.3 Å². The van der Waals surface area contributed by atoms with Crippen molar-refractivity contribution in [3.8, 4) is 0 Å². The molecule has 17 heavy (non-hydrogen) atoms. The van der Waals surface area contributed by atoms with E-state index < -0.39 is 11.8 Å². The van der Waals surface area contributed by atoms with Crippen molar-refractivity contribution >= 4 is 23.4 Å². The fraction of sp³-hybridized carbons (Fsp3) is 0.417. The van der Waals surface area contributed by atoms with Gasteiger partial charge < -0.3 is 10.4 Å². The molecule has 0 aliphatic heterocycles. The number of aromatic carboxylic acids is 1. The number of hydrogen-bond donors (Lipinski definition) is 2. The minimum atomic E-state index is -1.25. The average Bonchev–Trinajstić information content (AvgIpc) is 2.25. The first-order chi connectivity index (χ1) is 8.06. The molecule has 1 aromatic carbocycles. The van der Waals surface area contributed by atoms with Gasteiger partial charge in [0.05, 0.1) is 5.69 Å². The smallest absolute Gasteiger partial charge is 0.340 e. The van der Waals surface area contributed by atoms with Gasteiger partial charge in [0.2, 0.25) is 0 Å². The Bertz CT molecular complexity index is 398. The number of halogens is 1. The fourth-order valence-electron chi connectivity index (χ4n) is 1.46. The molecule has 1 aromatic rings. The lowest BCUT2D eigenvalue weighted by atomic mass is 10.1. The highest BCUT2D eigenvalue weighted by Gasteiger charge is 2.16. The van der Waals surface area contributed by atoms with Crippen LogP contribution in [0.25, 0.3) is 0 Å². The van der Waals surface area contributed by atoms with Crippen LogP contribution in [0.15, 0.2) is 18.2 Å². The van der Waals surface area contributed by atoms with Gasteiger partial charge in [0.1, 0.15) is 11.4 Å². The van der Waals surface area contributed by atoms with E-state index in [2.05, 4.69) is 12.2 Å². The molecular weight excluding hydrogens is 241 g/mol. The third kappa shape index (κ3) is 3.93. The molecule has 1 unspecified atom stereocenters. The zero-order chi connectivity index (χ0) is 12.8. The van der Waals surface area contributed by atoms with Gasteiger partial charge in [0.25, 0.3) is 0 Å². The molecular formula is C12H16FNO2S. The first-order valence-corrected chi connectivity index (χ1v) is 6.57.